The first-order chi connectivity index (χ1) is 9.49. The van der Waals surface area contributed by atoms with Crippen molar-refractivity contribution in [1.82, 2.24) is 4.98 Å². The number of aromatic nitrogens is 1. The Balaban J connectivity index is 2.23. The Kier molecular flexibility index (Phi) is 4.57. The second-order valence-corrected chi connectivity index (χ2v) is 6.02. The van der Waals surface area contributed by atoms with Gasteiger partial charge >= 0.3 is 5.69 Å². The van der Waals surface area contributed by atoms with Crippen molar-refractivity contribution >= 4 is 11.5 Å². The minimum atomic E-state index is -0.359. The molecule has 2 atom stereocenters. The second kappa shape index (κ2) is 6.20. The van der Waals surface area contributed by atoms with Crippen LogP contribution in [0, 0.1) is 28.9 Å². The fraction of sp³-hybridized carbons (Fsp3) is 0.667. The standard InChI is InChI=1S/C15H23N3O2/c1-10(2)12-6-4-5-7-13(12)17-15-14(18(19)20)9-8-11(3)16-15/h8-10,12-13H,4-7H2,1-3H3,(H,16,17). The molecule has 0 aliphatic heterocycles. The van der Waals surface area contributed by atoms with E-state index in [1.54, 1.807) is 6.07 Å². The van der Waals surface area contributed by atoms with E-state index in [4.69, 9.17) is 0 Å². The average molecular weight is 277 g/mol. The van der Waals surface area contributed by atoms with E-state index in [-0.39, 0.29) is 16.7 Å². The van der Waals surface area contributed by atoms with Gasteiger partial charge < -0.3 is 5.32 Å². The van der Waals surface area contributed by atoms with E-state index in [9.17, 15) is 10.1 Å². The van der Waals surface area contributed by atoms with E-state index in [2.05, 4.69) is 24.1 Å². The van der Waals surface area contributed by atoms with Gasteiger partial charge in [-0.3, -0.25) is 10.1 Å². The van der Waals surface area contributed by atoms with Gasteiger partial charge in [-0.2, -0.15) is 0 Å². The van der Waals surface area contributed by atoms with Gasteiger partial charge in [0.05, 0.1) is 4.92 Å². The highest BCUT2D eigenvalue weighted by Crippen LogP contribution is 2.33. The molecule has 0 aromatic carbocycles. The summed E-state index contributed by atoms with van der Waals surface area (Å²) in [6.07, 6.45) is 4.69. The summed E-state index contributed by atoms with van der Waals surface area (Å²) in [6, 6.07) is 3.51. The molecule has 1 N–H and O–H groups in total. The number of nitrogens with one attached hydrogen (secondary N) is 1. The SMILES string of the molecule is Cc1ccc([N+](=O)[O-])c(NC2CCCCC2C(C)C)n1. The lowest BCUT2D eigenvalue weighted by Gasteiger charge is -2.35. The molecule has 0 bridgehead atoms. The van der Waals surface area contributed by atoms with Crippen LogP contribution in [0.25, 0.3) is 0 Å². The van der Waals surface area contributed by atoms with Crippen LogP contribution in [0.1, 0.15) is 45.2 Å². The molecule has 5 nitrogen and oxygen atoms in total. The third-order valence-electron chi connectivity index (χ3n) is 4.21. The molecule has 110 valence electrons. The predicted molar refractivity (Wildman–Crippen MR) is 79.8 cm³/mol. The Morgan fingerprint density at radius 1 is 1.35 bits per heavy atom. The van der Waals surface area contributed by atoms with Crippen LogP contribution in [0.2, 0.25) is 0 Å². The Morgan fingerprint density at radius 2 is 2.05 bits per heavy atom. The summed E-state index contributed by atoms with van der Waals surface area (Å²) >= 11 is 0. The first kappa shape index (κ1) is 14.8. The highest BCUT2D eigenvalue weighted by atomic mass is 16.6. The molecule has 20 heavy (non-hydrogen) atoms. The normalized spacial score (nSPS) is 22.8. The maximum absolute atomic E-state index is 11.1. The van der Waals surface area contributed by atoms with E-state index >= 15 is 0 Å². The van der Waals surface area contributed by atoms with Crippen molar-refractivity contribution in [2.45, 2.75) is 52.5 Å². The number of aryl methyl sites for hydroxylation is 1. The lowest BCUT2D eigenvalue weighted by molar-refractivity contribution is -0.384. The fourth-order valence-corrected chi connectivity index (χ4v) is 3.12. The molecule has 1 aliphatic carbocycles. The molecule has 0 saturated heterocycles. The summed E-state index contributed by atoms with van der Waals surface area (Å²) in [7, 11) is 0. The molecule has 1 saturated carbocycles. The van der Waals surface area contributed by atoms with E-state index in [0.29, 0.717) is 17.7 Å². The second-order valence-electron chi connectivity index (χ2n) is 6.02. The summed E-state index contributed by atoms with van der Waals surface area (Å²) in [5, 5.41) is 14.5. The van der Waals surface area contributed by atoms with Crippen molar-refractivity contribution in [3.05, 3.63) is 27.9 Å². The molecule has 1 fully saturated rings. The van der Waals surface area contributed by atoms with Gasteiger partial charge in [-0.1, -0.05) is 26.7 Å². The van der Waals surface area contributed by atoms with E-state index in [1.165, 1.54) is 25.3 Å². The molecule has 1 aromatic rings. The molecule has 2 unspecified atom stereocenters. The van der Waals surface area contributed by atoms with E-state index < -0.39 is 0 Å². The maximum atomic E-state index is 11.1. The van der Waals surface area contributed by atoms with Crippen molar-refractivity contribution < 1.29 is 4.92 Å². The zero-order valence-electron chi connectivity index (χ0n) is 12.4. The van der Waals surface area contributed by atoms with Gasteiger partial charge in [0.15, 0.2) is 0 Å². The monoisotopic (exact) mass is 277 g/mol. The van der Waals surface area contributed by atoms with Gasteiger partial charge in [0.1, 0.15) is 0 Å². The van der Waals surface area contributed by atoms with Crippen LogP contribution >= 0.6 is 0 Å². The summed E-state index contributed by atoms with van der Waals surface area (Å²) < 4.78 is 0. The minimum absolute atomic E-state index is 0.0729. The Labute approximate surface area is 119 Å². The highest BCUT2D eigenvalue weighted by Gasteiger charge is 2.29. The molecule has 0 radical (unpaired) electrons. The van der Waals surface area contributed by atoms with Crippen LogP contribution in [-0.2, 0) is 0 Å². The van der Waals surface area contributed by atoms with Gasteiger partial charge in [0.2, 0.25) is 5.82 Å². The lowest BCUT2D eigenvalue weighted by atomic mass is 9.78. The van der Waals surface area contributed by atoms with Crippen molar-refractivity contribution in [2.75, 3.05) is 5.32 Å². The topological polar surface area (TPSA) is 68.1 Å². The molecule has 2 rings (SSSR count). The first-order valence-corrected chi connectivity index (χ1v) is 7.37. The van der Waals surface area contributed by atoms with Crippen molar-refractivity contribution in [3.63, 3.8) is 0 Å². The summed E-state index contributed by atoms with van der Waals surface area (Å²) in [5.41, 5.74) is 0.874. The molecule has 1 heterocycles. The van der Waals surface area contributed by atoms with Crippen LogP contribution < -0.4 is 5.32 Å². The van der Waals surface area contributed by atoms with Crippen molar-refractivity contribution in [1.29, 1.82) is 0 Å². The Hall–Kier alpha value is -1.65. The molecule has 1 aliphatic rings. The number of nitrogens with zero attached hydrogens (tertiary/aromatic N) is 2. The van der Waals surface area contributed by atoms with Gasteiger partial charge in [-0.15, -0.1) is 0 Å². The minimum Gasteiger partial charge on any atom is -0.361 e. The molecule has 0 amide bonds. The zero-order chi connectivity index (χ0) is 14.7. The van der Waals surface area contributed by atoms with Crippen LogP contribution in [0.4, 0.5) is 11.5 Å². The number of nitro groups is 1. The molecular formula is C15H23N3O2. The number of pyridine rings is 1. The maximum Gasteiger partial charge on any atom is 0.311 e. The highest BCUT2D eigenvalue weighted by molar-refractivity contribution is 5.56. The van der Waals surface area contributed by atoms with Crippen LogP contribution in [-0.4, -0.2) is 15.9 Å². The van der Waals surface area contributed by atoms with E-state index in [0.717, 1.165) is 12.1 Å². The average Bonchev–Trinajstić information content (AvgIpc) is 2.38. The van der Waals surface area contributed by atoms with Gasteiger partial charge in [-0.25, -0.2) is 4.98 Å². The van der Waals surface area contributed by atoms with Crippen LogP contribution in [0.15, 0.2) is 12.1 Å². The van der Waals surface area contributed by atoms with Crippen molar-refractivity contribution in [3.8, 4) is 0 Å². The summed E-state index contributed by atoms with van der Waals surface area (Å²) in [6.45, 7) is 6.31. The smallest absolute Gasteiger partial charge is 0.311 e. The van der Waals surface area contributed by atoms with E-state index in [1.807, 2.05) is 6.92 Å². The third-order valence-corrected chi connectivity index (χ3v) is 4.21. The number of hydrogen-bond donors (Lipinski definition) is 1. The molecule has 0 spiro atoms. The predicted octanol–water partition coefficient (Wildman–Crippen LogP) is 3.92. The van der Waals surface area contributed by atoms with Gasteiger partial charge in [0.25, 0.3) is 0 Å². The lowest BCUT2D eigenvalue weighted by Crippen LogP contribution is -2.35. The zero-order valence-corrected chi connectivity index (χ0v) is 12.4. The first-order valence-electron chi connectivity index (χ1n) is 7.37. The molecule has 5 heteroatoms. The molecular weight excluding hydrogens is 254 g/mol. The Bertz CT molecular complexity index is 488. The number of rotatable bonds is 4. The van der Waals surface area contributed by atoms with Crippen molar-refractivity contribution in [2.24, 2.45) is 11.8 Å². The number of anilines is 1. The molecule has 1 aromatic heterocycles. The summed E-state index contributed by atoms with van der Waals surface area (Å²) in [4.78, 5) is 15.1. The quantitative estimate of drug-likeness (QED) is 0.669. The third kappa shape index (κ3) is 3.26. The van der Waals surface area contributed by atoms with Gasteiger partial charge in [0, 0.05) is 17.8 Å². The van der Waals surface area contributed by atoms with Crippen LogP contribution in [0.5, 0.6) is 0 Å². The largest absolute Gasteiger partial charge is 0.361 e. The van der Waals surface area contributed by atoms with Crippen LogP contribution in [0.3, 0.4) is 0 Å². The van der Waals surface area contributed by atoms with Gasteiger partial charge in [-0.05, 0) is 37.7 Å². The summed E-state index contributed by atoms with van der Waals surface area (Å²) in [5.74, 6) is 1.56. The Morgan fingerprint density at radius 3 is 2.70 bits per heavy atom. The fourth-order valence-electron chi connectivity index (χ4n) is 3.12. The number of hydrogen-bond acceptors (Lipinski definition) is 4.